The number of amides is 1. The van der Waals surface area contributed by atoms with Crippen molar-refractivity contribution < 1.29 is 18.3 Å². The number of benzene rings is 1. The number of carbonyl (C=O) groups is 1. The molecular formula is C18H24F2N2O2. The van der Waals surface area contributed by atoms with Crippen molar-refractivity contribution in [1.29, 1.82) is 0 Å². The van der Waals surface area contributed by atoms with Gasteiger partial charge in [-0.05, 0) is 49.9 Å². The Bertz CT molecular complexity index is 611. The van der Waals surface area contributed by atoms with Gasteiger partial charge in [-0.15, -0.1) is 0 Å². The first kappa shape index (κ1) is 17.3. The molecule has 1 aromatic carbocycles. The van der Waals surface area contributed by atoms with E-state index >= 15 is 0 Å². The SMILES string of the molecule is COCCN1CCCC2(CCCN2Cc2ccc(F)c(F)c2)C1=O. The van der Waals surface area contributed by atoms with E-state index in [-0.39, 0.29) is 5.91 Å². The number of carbonyl (C=O) groups excluding carboxylic acids is 1. The van der Waals surface area contributed by atoms with Gasteiger partial charge in [0.15, 0.2) is 11.6 Å². The lowest BCUT2D eigenvalue weighted by Gasteiger charge is -2.44. The van der Waals surface area contributed by atoms with Gasteiger partial charge in [-0.25, -0.2) is 8.78 Å². The quantitative estimate of drug-likeness (QED) is 0.827. The van der Waals surface area contributed by atoms with E-state index < -0.39 is 17.2 Å². The van der Waals surface area contributed by atoms with E-state index in [0.717, 1.165) is 44.8 Å². The Morgan fingerprint density at radius 2 is 1.92 bits per heavy atom. The molecule has 1 spiro atoms. The lowest BCUT2D eigenvalue weighted by Crippen LogP contribution is -2.60. The fourth-order valence-electron chi connectivity index (χ4n) is 4.03. The molecule has 1 atom stereocenters. The highest BCUT2D eigenvalue weighted by molar-refractivity contribution is 5.87. The van der Waals surface area contributed by atoms with Crippen LogP contribution < -0.4 is 0 Å². The van der Waals surface area contributed by atoms with Gasteiger partial charge in [0.25, 0.3) is 0 Å². The smallest absolute Gasteiger partial charge is 0.243 e. The summed E-state index contributed by atoms with van der Waals surface area (Å²) in [6.07, 6.45) is 3.58. The summed E-state index contributed by atoms with van der Waals surface area (Å²) < 4.78 is 31.7. The molecule has 0 saturated carbocycles. The van der Waals surface area contributed by atoms with Crippen molar-refractivity contribution in [3.05, 3.63) is 35.4 Å². The zero-order valence-electron chi connectivity index (χ0n) is 14.1. The topological polar surface area (TPSA) is 32.8 Å². The van der Waals surface area contributed by atoms with E-state index in [0.29, 0.717) is 25.3 Å². The predicted molar refractivity (Wildman–Crippen MR) is 86.4 cm³/mol. The number of ether oxygens (including phenoxy) is 1. The third-order valence-corrected chi connectivity index (χ3v) is 5.25. The van der Waals surface area contributed by atoms with E-state index in [9.17, 15) is 13.6 Å². The highest BCUT2D eigenvalue weighted by Crippen LogP contribution is 2.39. The van der Waals surface area contributed by atoms with E-state index in [1.165, 1.54) is 6.07 Å². The van der Waals surface area contributed by atoms with Gasteiger partial charge in [-0.1, -0.05) is 6.07 Å². The van der Waals surface area contributed by atoms with E-state index in [2.05, 4.69) is 4.90 Å². The Morgan fingerprint density at radius 1 is 1.17 bits per heavy atom. The molecule has 24 heavy (non-hydrogen) atoms. The van der Waals surface area contributed by atoms with Crippen LogP contribution in [0.15, 0.2) is 18.2 Å². The van der Waals surface area contributed by atoms with Gasteiger partial charge in [-0.3, -0.25) is 9.69 Å². The van der Waals surface area contributed by atoms with Crippen molar-refractivity contribution in [3.8, 4) is 0 Å². The van der Waals surface area contributed by atoms with Crippen LogP contribution in [0.3, 0.4) is 0 Å². The van der Waals surface area contributed by atoms with Gasteiger partial charge in [0.2, 0.25) is 5.91 Å². The molecule has 2 fully saturated rings. The second kappa shape index (κ2) is 7.15. The lowest BCUT2D eigenvalue weighted by atomic mass is 9.85. The van der Waals surface area contributed by atoms with Crippen LogP contribution in [0.2, 0.25) is 0 Å². The Balaban J connectivity index is 1.78. The highest BCUT2D eigenvalue weighted by atomic mass is 19.2. The molecule has 3 rings (SSSR count). The summed E-state index contributed by atoms with van der Waals surface area (Å²) in [5.74, 6) is -1.52. The monoisotopic (exact) mass is 338 g/mol. The Hall–Kier alpha value is -1.53. The fourth-order valence-corrected chi connectivity index (χ4v) is 4.03. The maximum atomic E-state index is 13.5. The van der Waals surface area contributed by atoms with Crippen LogP contribution in [0.1, 0.15) is 31.2 Å². The standard InChI is InChI=1S/C18H24F2N2O2/c1-24-11-10-21-8-2-6-18(17(21)23)7-3-9-22(18)13-14-4-5-15(19)16(20)12-14/h4-5,12H,2-3,6-11,13H2,1H3. The molecule has 6 heteroatoms. The van der Waals surface area contributed by atoms with Crippen molar-refractivity contribution >= 4 is 5.91 Å². The Morgan fingerprint density at radius 3 is 2.62 bits per heavy atom. The van der Waals surface area contributed by atoms with Crippen LogP contribution in [0.5, 0.6) is 0 Å². The molecule has 0 N–H and O–H groups in total. The van der Waals surface area contributed by atoms with E-state index in [1.54, 1.807) is 13.2 Å². The first-order valence-electron chi connectivity index (χ1n) is 8.54. The van der Waals surface area contributed by atoms with Crippen LogP contribution in [-0.2, 0) is 16.1 Å². The normalized spacial score (nSPS) is 25.0. The predicted octanol–water partition coefficient (Wildman–Crippen LogP) is 2.57. The molecule has 2 aliphatic heterocycles. The van der Waals surface area contributed by atoms with Crippen molar-refractivity contribution in [2.24, 2.45) is 0 Å². The summed E-state index contributed by atoms with van der Waals surface area (Å²) in [6, 6.07) is 3.98. The molecule has 2 aliphatic rings. The molecule has 2 saturated heterocycles. The molecule has 0 radical (unpaired) electrons. The minimum atomic E-state index is -0.839. The zero-order valence-corrected chi connectivity index (χ0v) is 14.1. The van der Waals surface area contributed by atoms with Crippen LogP contribution in [0, 0.1) is 11.6 Å². The second-order valence-corrected chi connectivity index (χ2v) is 6.69. The fraction of sp³-hybridized carbons (Fsp3) is 0.611. The van der Waals surface area contributed by atoms with E-state index in [4.69, 9.17) is 4.74 Å². The van der Waals surface area contributed by atoms with Crippen LogP contribution in [-0.4, -0.2) is 54.6 Å². The molecule has 0 aliphatic carbocycles. The van der Waals surface area contributed by atoms with Gasteiger partial charge in [0.05, 0.1) is 6.61 Å². The highest BCUT2D eigenvalue weighted by Gasteiger charge is 2.50. The summed E-state index contributed by atoms with van der Waals surface area (Å²) in [5.41, 5.74) is 0.216. The molecule has 1 aromatic rings. The summed E-state index contributed by atoms with van der Waals surface area (Å²) in [6.45, 7) is 3.19. The van der Waals surface area contributed by atoms with Gasteiger partial charge >= 0.3 is 0 Å². The van der Waals surface area contributed by atoms with Crippen molar-refractivity contribution in [1.82, 2.24) is 9.80 Å². The lowest BCUT2D eigenvalue weighted by molar-refractivity contribution is -0.148. The second-order valence-electron chi connectivity index (χ2n) is 6.69. The number of piperidine rings is 1. The van der Waals surface area contributed by atoms with Gasteiger partial charge < -0.3 is 9.64 Å². The third-order valence-electron chi connectivity index (χ3n) is 5.25. The largest absolute Gasteiger partial charge is 0.383 e. The van der Waals surface area contributed by atoms with Crippen molar-refractivity contribution in [2.45, 2.75) is 37.8 Å². The molecule has 132 valence electrons. The van der Waals surface area contributed by atoms with E-state index in [1.807, 2.05) is 4.90 Å². The Labute approximate surface area is 141 Å². The third kappa shape index (κ3) is 3.17. The van der Waals surface area contributed by atoms with Gasteiger partial charge in [0, 0.05) is 26.7 Å². The first-order valence-corrected chi connectivity index (χ1v) is 8.54. The number of methoxy groups -OCH3 is 1. The van der Waals surface area contributed by atoms with Crippen LogP contribution in [0.4, 0.5) is 8.78 Å². The van der Waals surface area contributed by atoms with Crippen molar-refractivity contribution in [2.75, 3.05) is 33.4 Å². The number of hydrogen-bond acceptors (Lipinski definition) is 3. The van der Waals surface area contributed by atoms with Gasteiger partial charge in [-0.2, -0.15) is 0 Å². The molecule has 4 nitrogen and oxygen atoms in total. The van der Waals surface area contributed by atoms with Crippen LogP contribution >= 0.6 is 0 Å². The number of likely N-dealkylation sites (tertiary alicyclic amines) is 2. The minimum absolute atomic E-state index is 0.158. The molecule has 1 amide bonds. The number of halogens is 2. The van der Waals surface area contributed by atoms with Crippen LogP contribution in [0.25, 0.3) is 0 Å². The minimum Gasteiger partial charge on any atom is -0.383 e. The summed E-state index contributed by atoms with van der Waals surface area (Å²) in [7, 11) is 1.63. The summed E-state index contributed by atoms with van der Waals surface area (Å²) >= 11 is 0. The molecule has 0 bridgehead atoms. The summed E-state index contributed by atoms with van der Waals surface area (Å²) in [4.78, 5) is 17.1. The average Bonchev–Trinajstić information content (AvgIpc) is 2.96. The molecule has 0 aromatic heterocycles. The maximum Gasteiger partial charge on any atom is 0.243 e. The van der Waals surface area contributed by atoms with Crippen molar-refractivity contribution in [3.63, 3.8) is 0 Å². The molecular weight excluding hydrogens is 314 g/mol. The Kier molecular flexibility index (Phi) is 5.15. The number of rotatable bonds is 5. The number of nitrogens with zero attached hydrogens (tertiary/aromatic N) is 2. The summed E-state index contributed by atoms with van der Waals surface area (Å²) in [5, 5.41) is 0. The zero-order chi connectivity index (χ0) is 17.2. The maximum absolute atomic E-state index is 13.5. The number of hydrogen-bond donors (Lipinski definition) is 0. The molecule has 1 unspecified atom stereocenters. The average molecular weight is 338 g/mol. The van der Waals surface area contributed by atoms with Gasteiger partial charge in [0.1, 0.15) is 5.54 Å². The first-order chi connectivity index (χ1) is 11.6. The molecule has 2 heterocycles.